The predicted molar refractivity (Wildman–Crippen MR) is 146 cm³/mol. The molecule has 3 aromatic carbocycles. The van der Waals surface area contributed by atoms with Crippen molar-refractivity contribution in [3.63, 3.8) is 0 Å². The van der Waals surface area contributed by atoms with Gasteiger partial charge in [0, 0.05) is 12.0 Å². The van der Waals surface area contributed by atoms with Crippen LogP contribution in [0.1, 0.15) is 41.3 Å². The Labute approximate surface area is 243 Å². The maximum absolute atomic E-state index is 15.4. The van der Waals surface area contributed by atoms with Gasteiger partial charge in [-0.25, -0.2) is 8.78 Å². The number of halogens is 5. The quantitative estimate of drug-likeness (QED) is 0.132. The number of hydrogen-bond acceptors (Lipinski definition) is 5. The summed E-state index contributed by atoms with van der Waals surface area (Å²) in [5.74, 6) is -3.02. The highest BCUT2D eigenvalue weighted by atomic mass is 19.4. The van der Waals surface area contributed by atoms with Crippen LogP contribution in [0.4, 0.5) is 22.0 Å². The Kier molecular flexibility index (Phi) is 9.96. The summed E-state index contributed by atoms with van der Waals surface area (Å²) in [5.41, 5.74) is -1.08. The Morgan fingerprint density at radius 1 is 1.05 bits per heavy atom. The molecule has 4 aromatic rings. The van der Waals surface area contributed by atoms with Crippen molar-refractivity contribution in [2.24, 2.45) is 0 Å². The van der Waals surface area contributed by atoms with Crippen molar-refractivity contribution in [1.29, 1.82) is 0 Å². The molecule has 0 unspecified atom stereocenters. The number of nitrogens with zero attached hydrogens (tertiary/aromatic N) is 2. The van der Waals surface area contributed by atoms with Gasteiger partial charge in [-0.1, -0.05) is 42.5 Å². The lowest BCUT2D eigenvalue weighted by molar-refractivity contribution is -0.139. The number of carboxylic acid groups (broad SMARTS) is 1. The van der Waals surface area contributed by atoms with Gasteiger partial charge in [-0.3, -0.25) is 9.42 Å². The molecule has 0 spiro atoms. The predicted octanol–water partition coefficient (Wildman–Crippen LogP) is 7.13. The van der Waals surface area contributed by atoms with Crippen LogP contribution < -0.4 is 10.1 Å². The first-order valence-corrected chi connectivity index (χ1v) is 13.3. The van der Waals surface area contributed by atoms with E-state index < -0.39 is 47.5 Å². The van der Waals surface area contributed by atoms with Crippen LogP contribution in [-0.2, 0) is 24.1 Å². The largest absolute Gasteiger partial charge is 0.494 e. The van der Waals surface area contributed by atoms with Crippen molar-refractivity contribution in [2.45, 2.75) is 45.1 Å². The molecule has 0 aliphatic rings. The Bertz CT molecular complexity index is 1580. The molecule has 0 radical (unpaired) electrons. The molecule has 1 atom stereocenters. The van der Waals surface area contributed by atoms with Gasteiger partial charge in [0.2, 0.25) is 0 Å². The van der Waals surface area contributed by atoms with E-state index in [9.17, 15) is 22.4 Å². The molecule has 43 heavy (non-hydrogen) atoms. The summed E-state index contributed by atoms with van der Waals surface area (Å²) in [6, 6.07) is 15.5. The minimum Gasteiger partial charge on any atom is -0.494 e. The Balaban J connectivity index is 1.83. The van der Waals surface area contributed by atoms with Gasteiger partial charge < -0.3 is 19.7 Å². The first-order chi connectivity index (χ1) is 20.5. The van der Waals surface area contributed by atoms with E-state index in [2.05, 4.69) is 5.32 Å². The van der Waals surface area contributed by atoms with E-state index >= 15 is 4.39 Å². The minimum atomic E-state index is -4.85. The molecule has 0 amide bonds. The third kappa shape index (κ3) is 7.66. The monoisotopic (exact) mass is 607 g/mol. The second-order valence-electron chi connectivity index (χ2n) is 9.64. The summed E-state index contributed by atoms with van der Waals surface area (Å²) < 4.78 is 89.6. The van der Waals surface area contributed by atoms with Gasteiger partial charge in [0.1, 0.15) is 12.4 Å². The zero-order chi connectivity index (χ0) is 31.1. The zero-order valence-electron chi connectivity index (χ0n) is 23.3. The molecule has 2 N–H and O–H groups in total. The number of alkyl halides is 3. The van der Waals surface area contributed by atoms with Crippen LogP contribution >= 0.6 is 0 Å². The van der Waals surface area contributed by atoms with Crippen LogP contribution in [0.5, 0.6) is 5.75 Å². The fourth-order valence-corrected chi connectivity index (χ4v) is 4.54. The van der Waals surface area contributed by atoms with E-state index in [0.29, 0.717) is 13.0 Å². The van der Waals surface area contributed by atoms with E-state index in [0.717, 1.165) is 33.4 Å². The number of carbonyl (C=O) groups is 1. The lowest BCUT2D eigenvalue weighted by Gasteiger charge is -2.22. The molecule has 0 bridgehead atoms. The zero-order valence-corrected chi connectivity index (χ0v) is 23.3. The maximum atomic E-state index is 15.4. The van der Waals surface area contributed by atoms with E-state index in [-0.39, 0.29) is 35.7 Å². The topological polar surface area (TPSA) is 94.7 Å². The van der Waals surface area contributed by atoms with Crippen LogP contribution in [0, 0.1) is 18.6 Å². The van der Waals surface area contributed by atoms with Gasteiger partial charge in [-0.05, 0) is 54.6 Å². The van der Waals surface area contributed by atoms with Gasteiger partial charge in [0.05, 0.1) is 36.5 Å². The molecule has 230 valence electrons. The molecule has 0 fully saturated rings. The van der Waals surface area contributed by atoms with Crippen LogP contribution in [0.2, 0.25) is 0 Å². The number of rotatable bonds is 12. The standard InChI is InChI=1S/C30H30F5N3O5/c1-19-29(21-11-6-14-26(41-2)28(21)32)42-38(18-25(20-9-4-3-5-10-20)36-16-8-15-27(39)40)43-37(19)17-22-23(30(33,34)35)12-7-13-24(22)31/h3-7,9-14,25,36H,8,15-18H2,1-2H3,(H,39,40)/t25-/m0/s1. The summed E-state index contributed by atoms with van der Waals surface area (Å²) in [4.78, 5) is 11.9. The highest BCUT2D eigenvalue weighted by molar-refractivity contribution is 5.66. The van der Waals surface area contributed by atoms with Crippen LogP contribution in [0.15, 0.2) is 75.9 Å². The first kappa shape index (κ1) is 31.4. The molecule has 1 aromatic heterocycles. The van der Waals surface area contributed by atoms with E-state index in [1.165, 1.54) is 32.2 Å². The summed E-state index contributed by atoms with van der Waals surface area (Å²) in [5, 5.41) is 12.2. The molecule has 4 rings (SSSR count). The number of aliphatic carboxylic acids is 1. The van der Waals surface area contributed by atoms with E-state index in [4.69, 9.17) is 19.0 Å². The normalized spacial score (nSPS) is 12.3. The number of benzene rings is 3. The van der Waals surface area contributed by atoms with Gasteiger partial charge in [-0.2, -0.15) is 17.9 Å². The number of carboxylic acids is 1. The molecular formula is C30H30F5N3O5. The highest BCUT2D eigenvalue weighted by Gasteiger charge is 2.35. The second kappa shape index (κ2) is 13.6. The molecule has 0 saturated carbocycles. The number of nitrogens with one attached hydrogen (secondary N) is 1. The number of aromatic nitrogens is 2. The highest BCUT2D eigenvalue weighted by Crippen LogP contribution is 2.35. The smallest absolute Gasteiger partial charge is 0.416 e. The van der Waals surface area contributed by atoms with E-state index in [1.807, 2.05) is 18.2 Å². The summed E-state index contributed by atoms with van der Waals surface area (Å²) in [6.45, 7) is 0.974. The van der Waals surface area contributed by atoms with Crippen LogP contribution in [-0.4, -0.2) is 34.4 Å². The molecule has 1 heterocycles. The first-order valence-electron chi connectivity index (χ1n) is 13.3. The fourth-order valence-electron chi connectivity index (χ4n) is 4.54. The fraction of sp³-hybridized carbons (Fsp3) is 0.300. The Morgan fingerprint density at radius 2 is 1.77 bits per heavy atom. The van der Waals surface area contributed by atoms with Crippen molar-refractivity contribution < 1.29 is 45.7 Å². The number of ether oxygens (including phenoxy) is 1. The molecule has 0 saturated heterocycles. The molecule has 0 aliphatic carbocycles. The average Bonchev–Trinajstić information content (AvgIpc) is 2.97. The summed E-state index contributed by atoms with van der Waals surface area (Å²) in [7, 11) is 1.28. The third-order valence-corrected chi connectivity index (χ3v) is 6.73. The van der Waals surface area contributed by atoms with Crippen molar-refractivity contribution >= 4 is 5.97 Å². The van der Waals surface area contributed by atoms with Gasteiger partial charge >= 0.3 is 12.1 Å². The lowest BCUT2D eigenvalue weighted by Crippen LogP contribution is -2.28. The van der Waals surface area contributed by atoms with Gasteiger partial charge in [-0.15, -0.1) is 0 Å². The summed E-state index contributed by atoms with van der Waals surface area (Å²) >= 11 is 0. The van der Waals surface area contributed by atoms with Crippen molar-refractivity contribution in [2.75, 3.05) is 13.7 Å². The van der Waals surface area contributed by atoms with Crippen LogP contribution in [0.3, 0.4) is 0 Å². The van der Waals surface area contributed by atoms with Gasteiger partial charge in [0.15, 0.2) is 17.3 Å². The van der Waals surface area contributed by atoms with E-state index in [1.54, 1.807) is 12.1 Å². The molecule has 13 heteroatoms. The third-order valence-electron chi connectivity index (χ3n) is 6.73. The Morgan fingerprint density at radius 3 is 2.44 bits per heavy atom. The van der Waals surface area contributed by atoms with Crippen molar-refractivity contribution in [1.82, 2.24) is 15.0 Å². The van der Waals surface area contributed by atoms with Crippen molar-refractivity contribution in [3.05, 3.63) is 101 Å². The average molecular weight is 608 g/mol. The number of hydrogen-bond donors (Lipinski definition) is 2. The molecular weight excluding hydrogens is 577 g/mol. The van der Waals surface area contributed by atoms with Crippen molar-refractivity contribution in [3.8, 4) is 17.1 Å². The second-order valence-corrected chi connectivity index (χ2v) is 9.64. The summed E-state index contributed by atoms with van der Waals surface area (Å²) in [6.07, 6.45) is -4.59. The molecule has 0 aliphatic heterocycles. The number of methoxy groups -OCH3 is 1. The van der Waals surface area contributed by atoms with Gasteiger partial charge in [0.25, 0.3) is 0 Å². The van der Waals surface area contributed by atoms with Crippen LogP contribution in [0.25, 0.3) is 11.3 Å². The lowest BCUT2D eigenvalue weighted by atomic mass is 10.1. The Hall–Kier alpha value is -4.52. The minimum absolute atomic E-state index is 0.0644. The maximum Gasteiger partial charge on any atom is 0.416 e. The molecule has 8 nitrogen and oxygen atoms in total. The SMILES string of the molecule is COc1cccc(-c2on(C[C@H](NCCCC(=O)O)c3ccccc3)on(Cc3c(F)cccc3C(F)(F)F)c2C)c1F.